The van der Waals surface area contributed by atoms with E-state index in [-0.39, 0.29) is 0 Å². The summed E-state index contributed by atoms with van der Waals surface area (Å²) in [5.41, 5.74) is 4.19. The van der Waals surface area contributed by atoms with Crippen molar-refractivity contribution in [2.75, 3.05) is 13.7 Å². The van der Waals surface area contributed by atoms with Crippen LogP contribution in [0.5, 0.6) is 5.75 Å². The third-order valence-corrected chi connectivity index (χ3v) is 3.49. The second-order valence-corrected chi connectivity index (χ2v) is 4.29. The van der Waals surface area contributed by atoms with Crippen LogP contribution in [0.25, 0.3) is 10.9 Å². The molecular weight excluding hydrogens is 200 g/mol. The van der Waals surface area contributed by atoms with E-state index in [0.717, 1.165) is 25.3 Å². The highest BCUT2D eigenvalue weighted by molar-refractivity contribution is 5.87. The molecule has 3 nitrogen and oxygen atoms in total. The van der Waals surface area contributed by atoms with Crippen molar-refractivity contribution in [3.8, 4) is 5.75 Å². The lowest BCUT2D eigenvalue weighted by molar-refractivity contribution is 0.415. The predicted octanol–water partition coefficient (Wildman–Crippen LogP) is 1.83. The Morgan fingerprint density at radius 2 is 2.25 bits per heavy atom. The average Bonchev–Trinajstić information content (AvgIpc) is 2.64. The van der Waals surface area contributed by atoms with Crippen LogP contribution in [-0.4, -0.2) is 18.2 Å². The number of rotatable bonds is 1. The Bertz CT molecular complexity index is 542. The van der Waals surface area contributed by atoms with E-state index in [2.05, 4.69) is 29.1 Å². The van der Waals surface area contributed by atoms with Gasteiger partial charge >= 0.3 is 0 Å². The van der Waals surface area contributed by atoms with Gasteiger partial charge in [-0.15, -0.1) is 0 Å². The van der Waals surface area contributed by atoms with E-state index in [1.165, 1.54) is 22.2 Å². The summed E-state index contributed by atoms with van der Waals surface area (Å²) in [6, 6.07) is 6.33. The van der Waals surface area contributed by atoms with Crippen molar-refractivity contribution in [3.63, 3.8) is 0 Å². The molecule has 1 aromatic carbocycles. The second kappa shape index (κ2) is 3.52. The van der Waals surface area contributed by atoms with E-state index in [1.807, 2.05) is 6.07 Å². The van der Waals surface area contributed by atoms with Crippen molar-refractivity contribution in [3.05, 3.63) is 29.5 Å². The number of aryl methyl sites for hydroxylation is 1. The molecule has 1 aromatic heterocycles. The maximum Gasteiger partial charge on any atom is 0.119 e. The fourth-order valence-electron chi connectivity index (χ4n) is 2.60. The fourth-order valence-corrected chi connectivity index (χ4v) is 2.60. The Kier molecular flexibility index (Phi) is 2.14. The van der Waals surface area contributed by atoms with Gasteiger partial charge in [0.1, 0.15) is 5.75 Å². The standard InChI is InChI=1S/C13H16N2O/c1-15-12-4-3-9(16-2)7-11(12)10-5-6-14-8-13(10)15/h3-4,7,14H,5-6,8H2,1-2H3. The molecule has 0 saturated carbocycles. The summed E-state index contributed by atoms with van der Waals surface area (Å²) in [5, 5.41) is 4.76. The van der Waals surface area contributed by atoms with Gasteiger partial charge in [0.25, 0.3) is 0 Å². The lowest BCUT2D eigenvalue weighted by Gasteiger charge is -2.14. The number of ether oxygens (including phenoxy) is 1. The molecule has 1 aliphatic rings. The normalized spacial score (nSPS) is 15.1. The number of aromatic nitrogens is 1. The van der Waals surface area contributed by atoms with Crippen molar-refractivity contribution < 1.29 is 4.74 Å². The van der Waals surface area contributed by atoms with Gasteiger partial charge in [0.2, 0.25) is 0 Å². The highest BCUT2D eigenvalue weighted by Gasteiger charge is 2.17. The van der Waals surface area contributed by atoms with Crippen LogP contribution in [-0.2, 0) is 20.0 Å². The minimum absolute atomic E-state index is 0.944. The minimum Gasteiger partial charge on any atom is -0.497 e. The summed E-state index contributed by atoms with van der Waals surface area (Å²) in [6.07, 6.45) is 1.11. The van der Waals surface area contributed by atoms with Crippen LogP contribution in [0, 0.1) is 0 Å². The topological polar surface area (TPSA) is 26.2 Å². The van der Waals surface area contributed by atoms with E-state index in [1.54, 1.807) is 7.11 Å². The number of benzene rings is 1. The molecule has 3 heteroatoms. The van der Waals surface area contributed by atoms with Gasteiger partial charge in [-0.05, 0) is 36.7 Å². The molecule has 2 heterocycles. The average molecular weight is 216 g/mol. The van der Waals surface area contributed by atoms with E-state index in [9.17, 15) is 0 Å². The zero-order valence-corrected chi connectivity index (χ0v) is 9.71. The molecule has 1 aliphatic heterocycles. The zero-order valence-electron chi connectivity index (χ0n) is 9.71. The van der Waals surface area contributed by atoms with Crippen molar-refractivity contribution in [2.45, 2.75) is 13.0 Å². The maximum absolute atomic E-state index is 5.30. The largest absolute Gasteiger partial charge is 0.497 e. The van der Waals surface area contributed by atoms with Gasteiger partial charge in [-0.25, -0.2) is 0 Å². The zero-order chi connectivity index (χ0) is 11.1. The molecule has 16 heavy (non-hydrogen) atoms. The highest BCUT2D eigenvalue weighted by atomic mass is 16.5. The molecule has 0 fully saturated rings. The Balaban J connectivity index is 2.31. The Labute approximate surface area is 95.0 Å². The number of hydrogen-bond acceptors (Lipinski definition) is 2. The van der Waals surface area contributed by atoms with Crippen molar-refractivity contribution in [1.29, 1.82) is 0 Å². The van der Waals surface area contributed by atoms with Gasteiger partial charge in [-0.1, -0.05) is 0 Å². The minimum atomic E-state index is 0.944. The smallest absolute Gasteiger partial charge is 0.119 e. The maximum atomic E-state index is 5.30. The van der Waals surface area contributed by atoms with E-state index >= 15 is 0 Å². The summed E-state index contributed by atoms with van der Waals surface area (Å²) >= 11 is 0. The lowest BCUT2D eigenvalue weighted by atomic mass is 10.0. The number of hydrogen-bond donors (Lipinski definition) is 1. The molecule has 0 atom stereocenters. The SMILES string of the molecule is COc1ccc2c(c1)c1c(n2C)CNCC1. The molecule has 0 saturated heterocycles. The van der Waals surface area contributed by atoms with Crippen LogP contribution >= 0.6 is 0 Å². The first-order chi connectivity index (χ1) is 7.81. The molecule has 1 N–H and O–H groups in total. The lowest BCUT2D eigenvalue weighted by Crippen LogP contribution is -2.24. The van der Waals surface area contributed by atoms with Gasteiger partial charge < -0.3 is 14.6 Å². The number of nitrogens with one attached hydrogen (secondary N) is 1. The molecule has 84 valence electrons. The van der Waals surface area contributed by atoms with Gasteiger partial charge in [0, 0.05) is 30.2 Å². The number of nitrogens with zero attached hydrogens (tertiary/aromatic N) is 1. The second-order valence-electron chi connectivity index (χ2n) is 4.29. The number of fused-ring (bicyclic) bond motifs is 3. The first-order valence-electron chi connectivity index (χ1n) is 5.66. The van der Waals surface area contributed by atoms with Crippen LogP contribution in [0.3, 0.4) is 0 Å². The molecule has 0 unspecified atom stereocenters. The van der Waals surface area contributed by atoms with Gasteiger partial charge in [-0.2, -0.15) is 0 Å². The van der Waals surface area contributed by atoms with Crippen LogP contribution < -0.4 is 10.1 Å². The van der Waals surface area contributed by atoms with Crippen molar-refractivity contribution in [2.24, 2.45) is 7.05 Å². The van der Waals surface area contributed by atoms with Gasteiger partial charge in [-0.3, -0.25) is 0 Å². The number of methoxy groups -OCH3 is 1. The van der Waals surface area contributed by atoms with Crippen LogP contribution in [0.4, 0.5) is 0 Å². The highest BCUT2D eigenvalue weighted by Crippen LogP contribution is 2.30. The van der Waals surface area contributed by atoms with E-state index in [0.29, 0.717) is 0 Å². The summed E-state index contributed by atoms with van der Waals surface area (Å²) in [7, 11) is 3.86. The van der Waals surface area contributed by atoms with Crippen LogP contribution in [0.1, 0.15) is 11.3 Å². The Hall–Kier alpha value is -1.48. The molecule has 0 amide bonds. The summed E-state index contributed by atoms with van der Waals surface area (Å²) in [5.74, 6) is 0.944. The first kappa shape index (κ1) is 9.73. The van der Waals surface area contributed by atoms with Crippen molar-refractivity contribution in [1.82, 2.24) is 9.88 Å². The molecule has 0 spiro atoms. The quantitative estimate of drug-likeness (QED) is 0.787. The molecule has 0 bridgehead atoms. The third kappa shape index (κ3) is 1.25. The summed E-state index contributed by atoms with van der Waals surface area (Å²) in [6.45, 7) is 2.05. The Morgan fingerprint density at radius 1 is 1.38 bits per heavy atom. The monoisotopic (exact) mass is 216 g/mol. The van der Waals surface area contributed by atoms with E-state index in [4.69, 9.17) is 4.74 Å². The molecular formula is C13H16N2O. The van der Waals surface area contributed by atoms with Gasteiger partial charge in [0.05, 0.1) is 7.11 Å². The van der Waals surface area contributed by atoms with Crippen LogP contribution in [0.15, 0.2) is 18.2 Å². The fraction of sp³-hybridized carbons (Fsp3) is 0.385. The third-order valence-electron chi connectivity index (χ3n) is 3.49. The Morgan fingerprint density at radius 3 is 3.06 bits per heavy atom. The summed E-state index contributed by atoms with van der Waals surface area (Å²) in [4.78, 5) is 0. The first-order valence-corrected chi connectivity index (χ1v) is 5.66. The van der Waals surface area contributed by atoms with Crippen LogP contribution in [0.2, 0.25) is 0 Å². The molecule has 0 aliphatic carbocycles. The van der Waals surface area contributed by atoms with E-state index < -0.39 is 0 Å². The molecule has 3 rings (SSSR count). The summed E-state index contributed by atoms with van der Waals surface area (Å²) < 4.78 is 7.59. The predicted molar refractivity (Wildman–Crippen MR) is 64.9 cm³/mol. The van der Waals surface area contributed by atoms with Gasteiger partial charge in [0.15, 0.2) is 0 Å². The molecule has 0 radical (unpaired) electrons. The molecule has 2 aromatic rings. The van der Waals surface area contributed by atoms with Crippen molar-refractivity contribution >= 4 is 10.9 Å².